The summed E-state index contributed by atoms with van der Waals surface area (Å²) in [5.41, 5.74) is 6.64. The molecule has 2 atom stereocenters. The van der Waals surface area contributed by atoms with E-state index in [0.29, 0.717) is 11.3 Å². The van der Waals surface area contributed by atoms with E-state index in [2.05, 4.69) is 0 Å². The van der Waals surface area contributed by atoms with E-state index in [4.69, 9.17) is 10.5 Å². The monoisotopic (exact) mass is 364 g/mol. The molecule has 1 aromatic carbocycles. The van der Waals surface area contributed by atoms with E-state index in [0.717, 1.165) is 5.56 Å². The minimum Gasteiger partial charge on any atom is -0.480 e. The molecule has 0 saturated carbocycles. The molecule has 144 valence electrons. The molecule has 3 N–H and O–H groups in total. The summed E-state index contributed by atoms with van der Waals surface area (Å²) in [6, 6.07) is 6.62. The van der Waals surface area contributed by atoms with Gasteiger partial charge in [0.15, 0.2) is 0 Å². The number of carbonyl (C=O) groups is 3. The molecular weight excluding hydrogens is 336 g/mol. The van der Waals surface area contributed by atoms with Gasteiger partial charge in [-0.05, 0) is 23.8 Å². The molecule has 26 heavy (non-hydrogen) atoms. The number of carbonyl (C=O) groups excluding carboxylic acids is 2. The summed E-state index contributed by atoms with van der Waals surface area (Å²) in [4.78, 5) is 37.6. The zero-order valence-corrected chi connectivity index (χ0v) is 15.7. The fourth-order valence-corrected chi connectivity index (χ4v) is 2.61. The zero-order chi connectivity index (χ0) is 19.9. The molecular formula is C19H28N2O5. The smallest absolute Gasteiger partial charge is 0.417 e. The average molecular weight is 364 g/mol. The Morgan fingerprint density at radius 1 is 1.12 bits per heavy atom. The van der Waals surface area contributed by atoms with Crippen LogP contribution in [0.4, 0.5) is 4.79 Å². The molecule has 0 aliphatic carbocycles. The third-order valence-electron chi connectivity index (χ3n) is 3.84. The van der Waals surface area contributed by atoms with Gasteiger partial charge in [-0.15, -0.1) is 0 Å². The van der Waals surface area contributed by atoms with Crippen molar-refractivity contribution in [3.8, 4) is 0 Å². The van der Waals surface area contributed by atoms with Crippen molar-refractivity contribution in [1.82, 2.24) is 4.90 Å². The molecule has 7 nitrogen and oxygen atoms in total. The van der Waals surface area contributed by atoms with E-state index in [-0.39, 0.29) is 12.5 Å². The summed E-state index contributed by atoms with van der Waals surface area (Å²) in [6.45, 7) is 6.97. The largest absolute Gasteiger partial charge is 0.480 e. The minimum absolute atomic E-state index is 0.0622. The number of aliphatic carboxylic acids is 1. The first-order chi connectivity index (χ1) is 12.1. The highest BCUT2D eigenvalue weighted by atomic mass is 16.6. The highest BCUT2D eigenvalue weighted by Gasteiger charge is 2.40. The Morgan fingerprint density at radius 3 is 2.15 bits per heavy atom. The zero-order valence-electron chi connectivity index (χ0n) is 15.7. The lowest BCUT2D eigenvalue weighted by atomic mass is 9.99. The number of carboxylic acids is 1. The van der Waals surface area contributed by atoms with Gasteiger partial charge in [0, 0.05) is 0 Å². The summed E-state index contributed by atoms with van der Waals surface area (Å²) >= 11 is 0. The maximum absolute atomic E-state index is 12.7. The van der Waals surface area contributed by atoms with Crippen LogP contribution in [0.25, 0.3) is 0 Å². The molecule has 0 aliphatic rings. The molecule has 1 aromatic rings. The maximum Gasteiger partial charge on any atom is 0.417 e. The Kier molecular flexibility index (Phi) is 8.25. The molecule has 0 spiro atoms. The summed E-state index contributed by atoms with van der Waals surface area (Å²) in [7, 11) is 0. The number of hydrogen-bond donors (Lipinski definition) is 2. The third-order valence-corrected chi connectivity index (χ3v) is 3.84. The molecule has 1 rings (SSSR count). The molecule has 2 amide bonds. The molecule has 2 unspecified atom stereocenters. The van der Waals surface area contributed by atoms with Crippen LogP contribution in [0.15, 0.2) is 30.3 Å². The van der Waals surface area contributed by atoms with Gasteiger partial charge in [-0.25, -0.2) is 14.5 Å². The van der Waals surface area contributed by atoms with Gasteiger partial charge in [-0.1, -0.05) is 58.0 Å². The second-order valence-corrected chi connectivity index (χ2v) is 7.01. The van der Waals surface area contributed by atoms with Crippen LogP contribution in [0, 0.1) is 11.8 Å². The first-order valence-electron chi connectivity index (χ1n) is 8.67. The van der Waals surface area contributed by atoms with Crippen molar-refractivity contribution in [2.75, 3.05) is 0 Å². The van der Waals surface area contributed by atoms with Crippen molar-refractivity contribution < 1.29 is 24.2 Å². The molecule has 0 heterocycles. The average Bonchev–Trinajstić information content (AvgIpc) is 2.56. The predicted octanol–water partition coefficient (Wildman–Crippen LogP) is 2.63. The second kappa shape index (κ2) is 9.91. The van der Waals surface area contributed by atoms with Crippen LogP contribution < -0.4 is 5.73 Å². The Bertz CT molecular complexity index is 616. The molecule has 0 fully saturated rings. The summed E-state index contributed by atoms with van der Waals surface area (Å²) in [5.74, 6) is -2.38. The van der Waals surface area contributed by atoms with Crippen molar-refractivity contribution in [3.05, 3.63) is 35.9 Å². The number of ether oxygens (including phenoxy) is 1. The van der Waals surface area contributed by atoms with Gasteiger partial charge in [0.05, 0.1) is 6.04 Å². The highest BCUT2D eigenvalue weighted by molar-refractivity contribution is 5.98. The van der Waals surface area contributed by atoms with E-state index in [1.807, 2.05) is 19.9 Å². The SMILES string of the molecule is CC(C)CC(N)C(=O)N(C(=O)OCc1ccccc1)C(C(=O)O)C(C)C. The van der Waals surface area contributed by atoms with E-state index in [1.54, 1.807) is 38.1 Å². The standard InChI is InChI=1S/C19H28N2O5/c1-12(2)10-15(20)17(22)21(16(13(3)4)18(23)24)19(25)26-11-14-8-6-5-7-9-14/h5-9,12-13,15-16H,10-11,20H2,1-4H3,(H,23,24). The molecule has 0 aliphatic heterocycles. The van der Waals surface area contributed by atoms with Gasteiger partial charge in [0.1, 0.15) is 12.6 Å². The number of amides is 2. The molecule has 0 radical (unpaired) electrons. The minimum atomic E-state index is -1.34. The summed E-state index contributed by atoms with van der Waals surface area (Å²) in [5, 5.41) is 9.52. The quantitative estimate of drug-likeness (QED) is 0.734. The lowest BCUT2D eigenvalue weighted by Gasteiger charge is -2.31. The fraction of sp³-hybridized carbons (Fsp3) is 0.526. The van der Waals surface area contributed by atoms with Crippen LogP contribution in [0.5, 0.6) is 0 Å². The van der Waals surface area contributed by atoms with Crippen LogP contribution in [-0.2, 0) is 20.9 Å². The summed E-state index contributed by atoms with van der Waals surface area (Å²) < 4.78 is 5.20. The van der Waals surface area contributed by atoms with Crippen LogP contribution in [0.2, 0.25) is 0 Å². The van der Waals surface area contributed by atoms with Gasteiger partial charge >= 0.3 is 12.1 Å². The van der Waals surface area contributed by atoms with E-state index < -0.39 is 36.0 Å². The van der Waals surface area contributed by atoms with E-state index in [9.17, 15) is 19.5 Å². The van der Waals surface area contributed by atoms with Crippen molar-refractivity contribution in [2.24, 2.45) is 17.6 Å². The third kappa shape index (κ3) is 6.15. The number of carboxylic acid groups (broad SMARTS) is 1. The molecule has 7 heteroatoms. The second-order valence-electron chi connectivity index (χ2n) is 7.01. The maximum atomic E-state index is 12.7. The Morgan fingerprint density at radius 2 is 1.69 bits per heavy atom. The number of nitrogens with zero attached hydrogens (tertiary/aromatic N) is 1. The van der Waals surface area contributed by atoms with Gasteiger partial charge in [-0.2, -0.15) is 0 Å². The van der Waals surface area contributed by atoms with Gasteiger partial charge in [-0.3, -0.25) is 4.79 Å². The van der Waals surface area contributed by atoms with Crippen LogP contribution in [0.1, 0.15) is 39.7 Å². The lowest BCUT2D eigenvalue weighted by molar-refractivity contribution is -0.151. The van der Waals surface area contributed by atoms with E-state index in [1.165, 1.54) is 0 Å². The van der Waals surface area contributed by atoms with Gasteiger partial charge < -0.3 is 15.6 Å². The first kappa shape index (κ1) is 21.6. The Balaban J connectivity index is 3.03. The van der Waals surface area contributed by atoms with Crippen molar-refractivity contribution in [3.63, 3.8) is 0 Å². The molecule has 0 saturated heterocycles. The Labute approximate surface area is 154 Å². The predicted molar refractivity (Wildman–Crippen MR) is 97.2 cm³/mol. The lowest BCUT2D eigenvalue weighted by Crippen LogP contribution is -2.56. The van der Waals surface area contributed by atoms with Gasteiger partial charge in [0.25, 0.3) is 0 Å². The number of benzene rings is 1. The van der Waals surface area contributed by atoms with Crippen molar-refractivity contribution >= 4 is 18.0 Å². The number of nitrogens with two attached hydrogens (primary N) is 1. The highest BCUT2D eigenvalue weighted by Crippen LogP contribution is 2.17. The normalized spacial score (nSPS) is 13.3. The van der Waals surface area contributed by atoms with Crippen LogP contribution >= 0.6 is 0 Å². The van der Waals surface area contributed by atoms with E-state index >= 15 is 0 Å². The van der Waals surface area contributed by atoms with Crippen LogP contribution in [0.3, 0.4) is 0 Å². The number of hydrogen-bond acceptors (Lipinski definition) is 5. The van der Waals surface area contributed by atoms with Gasteiger partial charge in [0.2, 0.25) is 5.91 Å². The number of imide groups is 1. The number of rotatable bonds is 8. The molecule has 0 aromatic heterocycles. The van der Waals surface area contributed by atoms with Crippen molar-refractivity contribution in [1.29, 1.82) is 0 Å². The van der Waals surface area contributed by atoms with Crippen molar-refractivity contribution in [2.45, 2.75) is 52.8 Å². The molecule has 0 bridgehead atoms. The first-order valence-corrected chi connectivity index (χ1v) is 8.67. The summed E-state index contributed by atoms with van der Waals surface area (Å²) in [6.07, 6.45) is -0.662. The fourth-order valence-electron chi connectivity index (χ4n) is 2.61. The Hall–Kier alpha value is -2.41. The van der Waals surface area contributed by atoms with Crippen LogP contribution in [-0.4, -0.2) is 40.1 Å². The topological polar surface area (TPSA) is 110 Å².